The van der Waals surface area contributed by atoms with Gasteiger partial charge in [0.15, 0.2) is 5.84 Å². The molecule has 6 nitrogen and oxygen atoms in total. The normalized spacial score (nSPS) is 11.7. The van der Waals surface area contributed by atoms with Gasteiger partial charge in [0.2, 0.25) is 0 Å². The minimum absolute atomic E-state index is 0.0129. The van der Waals surface area contributed by atoms with Crippen LogP contribution in [-0.2, 0) is 16.1 Å². The first-order valence-corrected chi connectivity index (χ1v) is 5.28. The van der Waals surface area contributed by atoms with Crippen LogP contribution >= 0.6 is 0 Å². The molecular formula is C11H17N3O3. The number of pyridine rings is 1. The average molecular weight is 239 g/mol. The molecule has 94 valence electrons. The lowest BCUT2D eigenvalue weighted by molar-refractivity contribution is 0.0926. The molecule has 1 aromatic rings. The zero-order chi connectivity index (χ0) is 12.5. The van der Waals surface area contributed by atoms with Crippen LogP contribution in [0.2, 0.25) is 0 Å². The Morgan fingerprint density at radius 2 is 2.35 bits per heavy atom. The van der Waals surface area contributed by atoms with E-state index < -0.39 is 0 Å². The first-order chi connectivity index (χ1) is 8.29. The Balaban J connectivity index is 2.53. The van der Waals surface area contributed by atoms with E-state index >= 15 is 0 Å². The second kappa shape index (κ2) is 7.59. The van der Waals surface area contributed by atoms with E-state index in [1.54, 1.807) is 19.4 Å². The SMILES string of the molecule is COCCCOCc1cccnc1C(N)=NO. The van der Waals surface area contributed by atoms with Crippen LogP contribution in [0.5, 0.6) is 0 Å². The summed E-state index contributed by atoms with van der Waals surface area (Å²) >= 11 is 0. The molecule has 0 saturated carbocycles. The summed E-state index contributed by atoms with van der Waals surface area (Å²) in [6, 6.07) is 3.61. The standard InChI is InChI=1S/C11H17N3O3/c1-16-6-3-7-17-8-9-4-2-5-13-10(9)11(12)14-15/h2,4-5,15H,3,6-8H2,1H3,(H2,12,14). The number of oxime groups is 1. The molecule has 0 saturated heterocycles. The molecule has 6 heteroatoms. The van der Waals surface area contributed by atoms with Gasteiger partial charge in [0.25, 0.3) is 0 Å². The molecule has 0 atom stereocenters. The van der Waals surface area contributed by atoms with Gasteiger partial charge in [-0.3, -0.25) is 4.98 Å². The summed E-state index contributed by atoms with van der Waals surface area (Å²) in [5.41, 5.74) is 6.75. The molecule has 0 aliphatic carbocycles. The van der Waals surface area contributed by atoms with E-state index in [0.717, 1.165) is 12.0 Å². The predicted octanol–water partition coefficient (Wildman–Crippen LogP) is 0.729. The van der Waals surface area contributed by atoms with Gasteiger partial charge in [-0.1, -0.05) is 11.2 Å². The lowest BCUT2D eigenvalue weighted by Gasteiger charge is -2.07. The Labute approximate surface area is 100 Å². The maximum atomic E-state index is 8.62. The second-order valence-corrected chi connectivity index (χ2v) is 3.40. The van der Waals surface area contributed by atoms with E-state index in [-0.39, 0.29) is 5.84 Å². The molecule has 0 aliphatic heterocycles. The number of amidine groups is 1. The molecule has 0 radical (unpaired) electrons. The minimum atomic E-state index is -0.0129. The quantitative estimate of drug-likeness (QED) is 0.241. The lowest BCUT2D eigenvalue weighted by Crippen LogP contribution is -2.18. The highest BCUT2D eigenvalue weighted by Crippen LogP contribution is 2.07. The van der Waals surface area contributed by atoms with Crippen molar-refractivity contribution in [2.45, 2.75) is 13.0 Å². The summed E-state index contributed by atoms with van der Waals surface area (Å²) < 4.78 is 10.4. The first-order valence-electron chi connectivity index (χ1n) is 5.28. The summed E-state index contributed by atoms with van der Waals surface area (Å²) in [7, 11) is 1.65. The fraction of sp³-hybridized carbons (Fsp3) is 0.455. The number of rotatable bonds is 7. The van der Waals surface area contributed by atoms with Gasteiger partial charge in [-0.15, -0.1) is 0 Å². The van der Waals surface area contributed by atoms with E-state index in [0.29, 0.717) is 25.5 Å². The molecule has 0 fully saturated rings. The third kappa shape index (κ3) is 4.38. The highest BCUT2D eigenvalue weighted by atomic mass is 16.5. The van der Waals surface area contributed by atoms with Crippen LogP contribution in [0.1, 0.15) is 17.7 Å². The Morgan fingerprint density at radius 1 is 1.53 bits per heavy atom. The van der Waals surface area contributed by atoms with E-state index in [1.165, 1.54) is 0 Å². The summed E-state index contributed by atoms with van der Waals surface area (Å²) in [5, 5.41) is 11.6. The Kier molecular flexibility index (Phi) is 5.98. The zero-order valence-corrected chi connectivity index (χ0v) is 9.80. The fourth-order valence-corrected chi connectivity index (χ4v) is 1.32. The fourth-order valence-electron chi connectivity index (χ4n) is 1.32. The van der Waals surface area contributed by atoms with Crippen LogP contribution in [0.25, 0.3) is 0 Å². The van der Waals surface area contributed by atoms with Crippen molar-refractivity contribution in [3.8, 4) is 0 Å². The Hall–Kier alpha value is -1.66. The van der Waals surface area contributed by atoms with Gasteiger partial charge in [-0.05, 0) is 12.5 Å². The molecule has 1 aromatic heterocycles. The molecule has 1 heterocycles. The molecule has 0 bridgehead atoms. The number of hydrogen-bond acceptors (Lipinski definition) is 5. The first kappa shape index (κ1) is 13.4. The number of nitrogens with two attached hydrogens (primary N) is 1. The van der Waals surface area contributed by atoms with Crippen LogP contribution in [0.3, 0.4) is 0 Å². The molecule has 0 spiro atoms. The lowest BCUT2D eigenvalue weighted by atomic mass is 10.2. The monoisotopic (exact) mass is 239 g/mol. The highest BCUT2D eigenvalue weighted by molar-refractivity contribution is 5.96. The number of nitrogens with zero attached hydrogens (tertiary/aromatic N) is 2. The number of hydrogen-bond donors (Lipinski definition) is 2. The van der Waals surface area contributed by atoms with Gasteiger partial charge in [-0.25, -0.2) is 0 Å². The van der Waals surface area contributed by atoms with Crippen LogP contribution < -0.4 is 5.73 Å². The predicted molar refractivity (Wildman–Crippen MR) is 62.9 cm³/mol. The van der Waals surface area contributed by atoms with Crippen molar-refractivity contribution >= 4 is 5.84 Å². The summed E-state index contributed by atoms with van der Waals surface area (Å²) in [6.07, 6.45) is 2.41. The van der Waals surface area contributed by atoms with Gasteiger partial charge in [0.1, 0.15) is 5.69 Å². The van der Waals surface area contributed by atoms with Crippen molar-refractivity contribution < 1.29 is 14.7 Å². The van der Waals surface area contributed by atoms with Crippen molar-refractivity contribution in [3.63, 3.8) is 0 Å². The third-order valence-corrected chi connectivity index (χ3v) is 2.14. The van der Waals surface area contributed by atoms with Crippen molar-refractivity contribution in [2.75, 3.05) is 20.3 Å². The van der Waals surface area contributed by atoms with Gasteiger partial charge >= 0.3 is 0 Å². The van der Waals surface area contributed by atoms with Crippen molar-refractivity contribution in [1.29, 1.82) is 0 Å². The maximum absolute atomic E-state index is 8.62. The molecule has 0 aromatic carbocycles. The maximum Gasteiger partial charge on any atom is 0.189 e. The zero-order valence-electron chi connectivity index (χ0n) is 9.80. The summed E-state index contributed by atoms with van der Waals surface area (Å²) in [4.78, 5) is 4.04. The molecule has 1 rings (SSSR count). The van der Waals surface area contributed by atoms with E-state index in [1.807, 2.05) is 6.07 Å². The van der Waals surface area contributed by atoms with Gasteiger partial charge < -0.3 is 20.4 Å². The Morgan fingerprint density at radius 3 is 3.06 bits per heavy atom. The van der Waals surface area contributed by atoms with Crippen molar-refractivity contribution in [2.24, 2.45) is 10.9 Å². The Bertz CT molecular complexity index is 369. The molecular weight excluding hydrogens is 222 g/mol. The van der Waals surface area contributed by atoms with Gasteiger partial charge in [-0.2, -0.15) is 0 Å². The molecule has 0 aliphatic rings. The van der Waals surface area contributed by atoms with Gasteiger partial charge in [0, 0.05) is 32.1 Å². The minimum Gasteiger partial charge on any atom is -0.409 e. The molecule has 0 unspecified atom stereocenters. The smallest absolute Gasteiger partial charge is 0.189 e. The van der Waals surface area contributed by atoms with Crippen LogP contribution in [0.4, 0.5) is 0 Å². The van der Waals surface area contributed by atoms with Crippen LogP contribution in [0.15, 0.2) is 23.5 Å². The molecule has 17 heavy (non-hydrogen) atoms. The van der Waals surface area contributed by atoms with E-state index in [9.17, 15) is 0 Å². The van der Waals surface area contributed by atoms with E-state index in [4.69, 9.17) is 20.4 Å². The summed E-state index contributed by atoms with van der Waals surface area (Å²) in [6.45, 7) is 1.64. The average Bonchev–Trinajstić information content (AvgIpc) is 2.38. The largest absolute Gasteiger partial charge is 0.409 e. The number of ether oxygens (including phenoxy) is 2. The molecule has 0 amide bonds. The second-order valence-electron chi connectivity index (χ2n) is 3.40. The highest BCUT2D eigenvalue weighted by Gasteiger charge is 2.07. The van der Waals surface area contributed by atoms with Gasteiger partial charge in [0.05, 0.1) is 6.61 Å². The topological polar surface area (TPSA) is 90.0 Å². The van der Waals surface area contributed by atoms with Crippen molar-refractivity contribution in [3.05, 3.63) is 29.6 Å². The van der Waals surface area contributed by atoms with E-state index in [2.05, 4.69) is 10.1 Å². The number of methoxy groups -OCH3 is 1. The van der Waals surface area contributed by atoms with Crippen LogP contribution in [-0.4, -0.2) is 36.4 Å². The van der Waals surface area contributed by atoms with Crippen LogP contribution in [0, 0.1) is 0 Å². The molecule has 3 N–H and O–H groups in total. The number of aromatic nitrogens is 1. The summed E-state index contributed by atoms with van der Waals surface area (Å²) in [5.74, 6) is -0.0129. The third-order valence-electron chi connectivity index (χ3n) is 2.14. The van der Waals surface area contributed by atoms with Crippen molar-refractivity contribution in [1.82, 2.24) is 4.98 Å².